The quantitative estimate of drug-likeness (QED) is 0.858. The average Bonchev–Trinajstić information content (AvgIpc) is 2.89. The Balaban J connectivity index is 2.05. The van der Waals surface area contributed by atoms with Crippen molar-refractivity contribution in [2.24, 2.45) is 4.99 Å². The van der Waals surface area contributed by atoms with Gasteiger partial charge in [0.2, 0.25) is 5.76 Å². The van der Waals surface area contributed by atoms with Gasteiger partial charge in [-0.3, -0.25) is 4.79 Å². The van der Waals surface area contributed by atoms with Gasteiger partial charge < -0.3 is 18.8 Å². The highest BCUT2D eigenvalue weighted by molar-refractivity contribution is 7.16. The van der Waals surface area contributed by atoms with Gasteiger partial charge in [-0.2, -0.15) is 4.99 Å². The minimum absolute atomic E-state index is 0.142. The lowest BCUT2D eigenvalue weighted by Crippen LogP contribution is -2.21. The summed E-state index contributed by atoms with van der Waals surface area (Å²) in [5.74, 6) is -0.290. The van der Waals surface area contributed by atoms with E-state index in [9.17, 15) is 4.79 Å². The number of aromatic nitrogens is 1. The normalized spacial score (nSPS) is 15.2. The first-order valence-corrected chi connectivity index (χ1v) is 8.13. The first-order chi connectivity index (χ1) is 11.2. The molecule has 0 unspecified atom stereocenters. The van der Waals surface area contributed by atoms with Crippen LogP contribution in [0.25, 0.3) is 10.2 Å². The summed E-state index contributed by atoms with van der Waals surface area (Å²) in [7, 11) is 1.65. The molecule has 0 aliphatic carbocycles. The Morgan fingerprint density at radius 3 is 3.04 bits per heavy atom. The molecule has 2 aromatic rings. The number of carbonyl (C=O) groups excluding carboxylic acids is 1. The van der Waals surface area contributed by atoms with E-state index in [0.29, 0.717) is 31.2 Å². The lowest BCUT2D eigenvalue weighted by atomic mass is 10.2. The van der Waals surface area contributed by atoms with Gasteiger partial charge in [0.05, 0.1) is 16.8 Å². The number of benzene rings is 1. The summed E-state index contributed by atoms with van der Waals surface area (Å²) < 4.78 is 18.7. The fourth-order valence-electron chi connectivity index (χ4n) is 2.29. The van der Waals surface area contributed by atoms with Crippen LogP contribution in [0.15, 0.2) is 35.2 Å². The van der Waals surface area contributed by atoms with E-state index in [4.69, 9.17) is 14.2 Å². The van der Waals surface area contributed by atoms with E-state index in [1.165, 1.54) is 23.2 Å². The third-order valence-electron chi connectivity index (χ3n) is 3.41. The first kappa shape index (κ1) is 15.8. The number of methoxy groups -OCH3 is 1. The molecule has 1 amide bonds. The highest BCUT2D eigenvalue weighted by Crippen LogP contribution is 2.19. The van der Waals surface area contributed by atoms with Crippen LogP contribution in [0, 0.1) is 6.92 Å². The maximum absolute atomic E-state index is 12.3. The molecule has 0 radical (unpaired) electrons. The van der Waals surface area contributed by atoms with Crippen molar-refractivity contribution in [3.8, 4) is 0 Å². The molecule has 23 heavy (non-hydrogen) atoms. The van der Waals surface area contributed by atoms with E-state index in [-0.39, 0.29) is 5.76 Å². The molecule has 1 aromatic carbocycles. The lowest BCUT2D eigenvalue weighted by Gasteiger charge is -2.12. The highest BCUT2D eigenvalue weighted by atomic mass is 32.1. The summed E-state index contributed by atoms with van der Waals surface area (Å²) >= 11 is 1.48. The second-order valence-corrected chi connectivity index (χ2v) is 6.13. The number of hydrogen-bond donors (Lipinski definition) is 0. The smallest absolute Gasteiger partial charge is 0.317 e. The van der Waals surface area contributed by atoms with Crippen molar-refractivity contribution < 1.29 is 19.0 Å². The minimum atomic E-state index is -0.431. The van der Waals surface area contributed by atoms with Gasteiger partial charge in [0.25, 0.3) is 0 Å². The van der Waals surface area contributed by atoms with Crippen molar-refractivity contribution in [3.05, 3.63) is 40.6 Å². The molecule has 1 aromatic heterocycles. The Bertz CT molecular complexity index is 819. The maximum Gasteiger partial charge on any atom is 0.317 e. The Kier molecular flexibility index (Phi) is 4.78. The number of nitrogens with zero attached hydrogens (tertiary/aromatic N) is 2. The topological polar surface area (TPSA) is 62.1 Å². The maximum atomic E-state index is 12.3. The standard InChI is InChI=1S/C16H18N2O4S/c1-11-3-4-12-14(9-11)23-16(18(12)5-6-20-2)17-15(19)13-10-21-7-8-22-13/h3-4,9-10H,5-8H2,1-2H3. The lowest BCUT2D eigenvalue weighted by molar-refractivity contribution is -0.119. The molecule has 0 saturated carbocycles. The third kappa shape index (κ3) is 3.46. The summed E-state index contributed by atoms with van der Waals surface area (Å²) in [5, 5.41) is 0. The molecule has 0 fully saturated rings. The fourth-order valence-corrected chi connectivity index (χ4v) is 3.44. The van der Waals surface area contributed by atoms with Gasteiger partial charge in [0.15, 0.2) is 4.80 Å². The molecule has 0 bridgehead atoms. The molecule has 1 aliphatic heterocycles. The van der Waals surface area contributed by atoms with Gasteiger partial charge in [0, 0.05) is 13.7 Å². The zero-order chi connectivity index (χ0) is 16.2. The zero-order valence-electron chi connectivity index (χ0n) is 13.1. The van der Waals surface area contributed by atoms with Crippen molar-refractivity contribution in [2.75, 3.05) is 26.9 Å². The largest absolute Gasteiger partial charge is 0.494 e. The third-order valence-corrected chi connectivity index (χ3v) is 4.46. The van der Waals surface area contributed by atoms with Crippen molar-refractivity contribution in [1.29, 1.82) is 0 Å². The second-order valence-electron chi connectivity index (χ2n) is 5.12. The molecule has 0 spiro atoms. The Hall–Kier alpha value is -2.12. The van der Waals surface area contributed by atoms with Crippen LogP contribution in [-0.4, -0.2) is 37.4 Å². The van der Waals surface area contributed by atoms with Gasteiger partial charge in [-0.05, 0) is 24.6 Å². The first-order valence-electron chi connectivity index (χ1n) is 7.31. The van der Waals surface area contributed by atoms with Gasteiger partial charge in [0.1, 0.15) is 19.5 Å². The summed E-state index contributed by atoms with van der Waals surface area (Å²) in [5.41, 5.74) is 2.21. The predicted octanol–water partition coefficient (Wildman–Crippen LogP) is 1.97. The van der Waals surface area contributed by atoms with Crippen molar-refractivity contribution in [3.63, 3.8) is 0 Å². The van der Waals surface area contributed by atoms with Crippen LogP contribution in [0.5, 0.6) is 0 Å². The molecular weight excluding hydrogens is 316 g/mol. The fraction of sp³-hybridized carbons (Fsp3) is 0.375. The SMILES string of the molecule is COCCn1c(=NC(=O)C2=COCCO2)sc2cc(C)ccc21. The van der Waals surface area contributed by atoms with E-state index in [1.807, 2.05) is 23.6 Å². The van der Waals surface area contributed by atoms with Crippen LogP contribution >= 0.6 is 11.3 Å². The van der Waals surface area contributed by atoms with Crippen LogP contribution in [0.1, 0.15) is 5.56 Å². The molecule has 122 valence electrons. The Labute approximate surface area is 137 Å². The van der Waals surface area contributed by atoms with Gasteiger partial charge in [-0.1, -0.05) is 17.4 Å². The Morgan fingerprint density at radius 1 is 1.43 bits per heavy atom. The van der Waals surface area contributed by atoms with Crippen molar-refractivity contribution in [2.45, 2.75) is 13.5 Å². The zero-order valence-corrected chi connectivity index (χ0v) is 13.9. The molecule has 6 nitrogen and oxygen atoms in total. The van der Waals surface area contributed by atoms with E-state index < -0.39 is 5.91 Å². The van der Waals surface area contributed by atoms with Gasteiger partial charge in [-0.25, -0.2) is 0 Å². The van der Waals surface area contributed by atoms with Crippen molar-refractivity contribution >= 4 is 27.5 Å². The van der Waals surface area contributed by atoms with Gasteiger partial charge in [-0.15, -0.1) is 0 Å². The second kappa shape index (κ2) is 6.97. The molecule has 0 N–H and O–H groups in total. The summed E-state index contributed by atoms with van der Waals surface area (Å²) in [4.78, 5) is 17.1. The minimum Gasteiger partial charge on any atom is -0.494 e. The Morgan fingerprint density at radius 2 is 2.30 bits per heavy atom. The van der Waals surface area contributed by atoms with Crippen LogP contribution in [0.4, 0.5) is 0 Å². The van der Waals surface area contributed by atoms with E-state index >= 15 is 0 Å². The van der Waals surface area contributed by atoms with Gasteiger partial charge >= 0.3 is 5.91 Å². The number of hydrogen-bond acceptors (Lipinski definition) is 5. The number of amides is 1. The summed E-state index contributed by atoms with van der Waals surface area (Å²) in [6.45, 7) is 4.03. The number of aryl methyl sites for hydroxylation is 1. The van der Waals surface area contributed by atoms with Crippen LogP contribution < -0.4 is 4.80 Å². The van der Waals surface area contributed by atoms with Crippen LogP contribution in [0.2, 0.25) is 0 Å². The monoisotopic (exact) mass is 334 g/mol. The summed E-state index contributed by atoms with van der Waals surface area (Å²) in [6, 6.07) is 6.18. The number of rotatable bonds is 4. The number of ether oxygens (including phenoxy) is 3. The van der Waals surface area contributed by atoms with E-state index in [2.05, 4.69) is 11.1 Å². The highest BCUT2D eigenvalue weighted by Gasteiger charge is 2.15. The average molecular weight is 334 g/mol. The molecule has 0 saturated heterocycles. The van der Waals surface area contributed by atoms with Crippen molar-refractivity contribution in [1.82, 2.24) is 4.57 Å². The number of thiazole rings is 1. The van der Waals surface area contributed by atoms with Crippen LogP contribution in [0.3, 0.4) is 0 Å². The molecular formula is C16H18N2O4S. The number of fused-ring (bicyclic) bond motifs is 1. The molecule has 0 atom stereocenters. The molecule has 7 heteroatoms. The molecule has 1 aliphatic rings. The molecule has 3 rings (SSSR count). The summed E-state index contributed by atoms with van der Waals surface area (Å²) in [6.07, 6.45) is 1.33. The number of carbonyl (C=O) groups is 1. The predicted molar refractivity (Wildman–Crippen MR) is 87.0 cm³/mol. The van der Waals surface area contributed by atoms with E-state index in [0.717, 1.165) is 10.2 Å². The van der Waals surface area contributed by atoms with Crippen LogP contribution in [-0.2, 0) is 25.5 Å². The van der Waals surface area contributed by atoms with E-state index in [1.54, 1.807) is 7.11 Å². The molecule has 2 heterocycles.